The molecule has 0 bridgehead atoms. The molecular formula is C13H24O2. The largest absolute Gasteiger partial charge is 0.390 e. The predicted molar refractivity (Wildman–Crippen MR) is 60.5 cm³/mol. The monoisotopic (exact) mass is 212 g/mol. The van der Waals surface area contributed by atoms with Crippen LogP contribution in [0.15, 0.2) is 0 Å². The Morgan fingerprint density at radius 2 is 1.80 bits per heavy atom. The van der Waals surface area contributed by atoms with Crippen molar-refractivity contribution in [3.8, 4) is 0 Å². The Kier molecular flexibility index (Phi) is 3.36. The van der Waals surface area contributed by atoms with Crippen LogP contribution < -0.4 is 0 Å². The summed E-state index contributed by atoms with van der Waals surface area (Å²) in [6, 6.07) is 0. The van der Waals surface area contributed by atoms with Crippen molar-refractivity contribution in [1.29, 1.82) is 0 Å². The number of hydrogen-bond donors (Lipinski definition) is 2. The maximum Gasteiger partial charge on any atom is 0.0905 e. The Balaban J connectivity index is 1.84. The lowest BCUT2D eigenvalue weighted by molar-refractivity contribution is -0.113. The highest BCUT2D eigenvalue weighted by molar-refractivity contribution is 4.92. The number of hydrogen-bond acceptors (Lipinski definition) is 2. The summed E-state index contributed by atoms with van der Waals surface area (Å²) in [4.78, 5) is 0. The number of aliphatic hydroxyl groups excluding tert-OH is 1. The van der Waals surface area contributed by atoms with Crippen molar-refractivity contribution in [1.82, 2.24) is 0 Å². The van der Waals surface area contributed by atoms with E-state index in [1.807, 2.05) is 0 Å². The average molecular weight is 212 g/mol. The fourth-order valence-corrected chi connectivity index (χ4v) is 2.86. The van der Waals surface area contributed by atoms with Crippen LogP contribution in [0.2, 0.25) is 0 Å². The van der Waals surface area contributed by atoms with Crippen molar-refractivity contribution in [3.63, 3.8) is 0 Å². The molecule has 0 aromatic rings. The Morgan fingerprint density at radius 3 is 2.27 bits per heavy atom. The zero-order valence-corrected chi connectivity index (χ0v) is 9.78. The zero-order valence-electron chi connectivity index (χ0n) is 9.78. The summed E-state index contributed by atoms with van der Waals surface area (Å²) < 4.78 is 0. The van der Waals surface area contributed by atoms with Gasteiger partial charge in [0.15, 0.2) is 0 Å². The van der Waals surface area contributed by atoms with E-state index in [0.717, 1.165) is 38.0 Å². The smallest absolute Gasteiger partial charge is 0.0905 e. The summed E-state index contributed by atoms with van der Waals surface area (Å²) in [6.07, 6.45) is 7.89. The summed E-state index contributed by atoms with van der Waals surface area (Å²) in [5.41, 5.74) is -0.762. The molecule has 0 saturated heterocycles. The molecule has 2 heteroatoms. The van der Waals surface area contributed by atoms with Gasteiger partial charge in [-0.15, -0.1) is 0 Å². The van der Waals surface area contributed by atoms with Crippen LogP contribution in [0.25, 0.3) is 0 Å². The fraction of sp³-hybridized carbons (Fsp3) is 1.00. The summed E-state index contributed by atoms with van der Waals surface area (Å²) in [7, 11) is 0. The third kappa shape index (κ3) is 2.54. The summed E-state index contributed by atoms with van der Waals surface area (Å²) in [6.45, 7) is 2.23. The number of aliphatic hydroxyl groups is 2. The van der Waals surface area contributed by atoms with Gasteiger partial charge in [0.25, 0.3) is 0 Å². The van der Waals surface area contributed by atoms with Crippen LogP contribution in [0.5, 0.6) is 0 Å². The van der Waals surface area contributed by atoms with Gasteiger partial charge in [-0.25, -0.2) is 0 Å². The van der Waals surface area contributed by atoms with Crippen LogP contribution in [0.4, 0.5) is 0 Å². The topological polar surface area (TPSA) is 40.5 Å². The number of rotatable bonds is 3. The standard InChI is InChI=1S/C13H24O2/c1-10-5-7-13(15,8-6-10)12(14)9-11-3-2-4-11/h10-12,14-15H,2-9H2,1H3. The van der Waals surface area contributed by atoms with E-state index in [1.165, 1.54) is 19.3 Å². The van der Waals surface area contributed by atoms with Gasteiger partial charge in [0.2, 0.25) is 0 Å². The van der Waals surface area contributed by atoms with Crippen molar-refractivity contribution in [2.75, 3.05) is 0 Å². The van der Waals surface area contributed by atoms with Crippen LogP contribution in [-0.4, -0.2) is 21.9 Å². The molecular weight excluding hydrogens is 188 g/mol. The maximum atomic E-state index is 10.4. The predicted octanol–water partition coefficient (Wildman–Crippen LogP) is 2.48. The molecule has 0 aliphatic heterocycles. The van der Waals surface area contributed by atoms with Crippen LogP contribution in [0.1, 0.15) is 58.3 Å². The lowest BCUT2D eigenvalue weighted by atomic mass is 9.72. The molecule has 0 heterocycles. The molecule has 1 unspecified atom stereocenters. The molecule has 1 atom stereocenters. The Hall–Kier alpha value is -0.0800. The van der Waals surface area contributed by atoms with Gasteiger partial charge in [-0.3, -0.25) is 0 Å². The molecule has 2 rings (SSSR count). The Bertz CT molecular complexity index is 203. The van der Waals surface area contributed by atoms with Gasteiger partial charge < -0.3 is 10.2 Å². The zero-order chi connectivity index (χ0) is 10.9. The molecule has 15 heavy (non-hydrogen) atoms. The molecule has 0 aromatic heterocycles. The van der Waals surface area contributed by atoms with Crippen LogP contribution in [-0.2, 0) is 0 Å². The fourth-order valence-electron chi connectivity index (χ4n) is 2.86. The van der Waals surface area contributed by atoms with E-state index >= 15 is 0 Å². The first-order valence-electron chi connectivity index (χ1n) is 6.50. The SMILES string of the molecule is CC1CCC(O)(C(O)CC2CCC2)CC1. The van der Waals surface area contributed by atoms with Crippen molar-refractivity contribution >= 4 is 0 Å². The molecule has 0 radical (unpaired) electrons. The molecule has 2 aliphatic rings. The summed E-state index contributed by atoms with van der Waals surface area (Å²) in [5, 5.41) is 20.5. The highest BCUT2D eigenvalue weighted by atomic mass is 16.3. The minimum Gasteiger partial charge on any atom is -0.390 e. The van der Waals surface area contributed by atoms with Gasteiger partial charge >= 0.3 is 0 Å². The molecule has 0 spiro atoms. The van der Waals surface area contributed by atoms with E-state index in [1.54, 1.807) is 0 Å². The molecule has 2 nitrogen and oxygen atoms in total. The quantitative estimate of drug-likeness (QED) is 0.754. The minimum atomic E-state index is -0.762. The van der Waals surface area contributed by atoms with Crippen molar-refractivity contribution in [2.24, 2.45) is 11.8 Å². The first-order chi connectivity index (χ1) is 7.10. The van der Waals surface area contributed by atoms with Gasteiger partial charge in [-0.1, -0.05) is 26.2 Å². The molecule has 88 valence electrons. The van der Waals surface area contributed by atoms with E-state index < -0.39 is 11.7 Å². The Labute approximate surface area is 92.7 Å². The third-order valence-corrected chi connectivity index (χ3v) is 4.54. The van der Waals surface area contributed by atoms with Gasteiger partial charge in [-0.2, -0.15) is 0 Å². The van der Waals surface area contributed by atoms with E-state index in [2.05, 4.69) is 6.92 Å². The first kappa shape index (κ1) is 11.4. The molecule has 2 fully saturated rings. The van der Waals surface area contributed by atoms with Gasteiger partial charge in [0.05, 0.1) is 11.7 Å². The second-order valence-corrected chi connectivity index (χ2v) is 5.83. The highest BCUT2D eigenvalue weighted by Gasteiger charge is 2.39. The summed E-state index contributed by atoms with van der Waals surface area (Å²) >= 11 is 0. The molecule has 2 N–H and O–H groups in total. The van der Waals surface area contributed by atoms with E-state index in [0.29, 0.717) is 5.92 Å². The van der Waals surface area contributed by atoms with Crippen molar-refractivity contribution in [3.05, 3.63) is 0 Å². The van der Waals surface area contributed by atoms with Crippen LogP contribution in [0, 0.1) is 11.8 Å². The normalized spacial score (nSPS) is 39.8. The van der Waals surface area contributed by atoms with Gasteiger partial charge in [0.1, 0.15) is 0 Å². The maximum absolute atomic E-state index is 10.4. The minimum absolute atomic E-state index is 0.477. The van der Waals surface area contributed by atoms with Crippen molar-refractivity contribution < 1.29 is 10.2 Å². The molecule has 2 aliphatic carbocycles. The van der Waals surface area contributed by atoms with Gasteiger partial charge in [0, 0.05) is 0 Å². The average Bonchev–Trinajstić information content (AvgIpc) is 2.16. The van der Waals surface area contributed by atoms with E-state index in [4.69, 9.17) is 0 Å². The first-order valence-corrected chi connectivity index (χ1v) is 6.50. The molecule has 0 aromatic carbocycles. The second kappa shape index (κ2) is 4.42. The lowest BCUT2D eigenvalue weighted by Gasteiger charge is -2.40. The molecule has 2 saturated carbocycles. The third-order valence-electron chi connectivity index (χ3n) is 4.54. The van der Waals surface area contributed by atoms with E-state index in [9.17, 15) is 10.2 Å². The van der Waals surface area contributed by atoms with E-state index in [-0.39, 0.29) is 0 Å². The van der Waals surface area contributed by atoms with Crippen molar-refractivity contribution in [2.45, 2.75) is 70.0 Å². The second-order valence-electron chi connectivity index (χ2n) is 5.83. The van der Waals surface area contributed by atoms with Crippen LogP contribution >= 0.6 is 0 Å². The van der Waals surface area contributed by atoms with Gasteiger partial charge in [-0.05, 0) is 43.9 Å². The highest BCUT2D eigenvalue weighted by Crippen LogP contribution is 2.39. The lowest BCUT2D eigenvalue weighted by Crippen LogP contribution is -2.46. The molecule has 0 amide bonds. The Morgan fingerprint density at radius 1 is 1.20 bits per heavy atom. The van der Waals surface area contributed by atoms with Crippen LogP contribution in [0.3, 0.4) is 0 Å². The summed E-state index contributed by atoms with van der Waals surface area (Å²) in [5.74, 6) is 1.41.